The zero-order valence-electron chi connectivity index (χ0n) is 14.9. The Labute approximate surface area is 167 Å². The average molecular weight is 404 g/mol. The Kier molecular flexibility index (Phi) is 5.98. The number of aromatic hydroxyl groups is 1. The first-order chi connectivity index (χ1) is 13.0. The molecule has 6 nitrogen and oxygen atoms in total. The van der Waals surface area contributed by atoms with Crippen molar-refractivity contribution in [1.29, 1.82) is 0 Å². The lowest BCUT2D eigenvalue weighted by Crippen LogP contribution is -2.16. The van der Waals surface area contributed by atoms with Gasteiger partial charge in [-0.1, -0.05) is 36.2 Å². The summed E-state index contributed by atoms with van der Waals surface area (Å²) in [5.41, 5.74) is 2.01. The van der Waals surface area contributed by atoms with Crippen molar-refractivity contribution in [2.75, 3.05) is 10.6 Å². The van der Waals surface area contributed by atoms with Crippen LogP contribution in [0, 0.1) is 0 Å². The summed E-state index contributed by atoms with van der Waals surface area (Å²) in [6.07, 6.45) is 2.65. The minimum atomic E-state index is -0.153. The van der Waals surface area contributed by atoms with Crippen molar-refractivity contribution in [2.45, 2.75) is 26.3 Å². The molecule has 27 heavy (non-hydrogen) atoms. The largest absolute Gasteiger partial charge is 0.505 e. The van der Waals surface area contributed by atoms with Crippen LogP contribution in [0.25, 0.3) is 11.4 Å². The maximum absolute atomic E-state index is 9.72. The predicted molar refractivity (Wildman–Crippen MR) is 110 cm³/mol. The molecule has 0 aliphatic carbocycles. The summed E-state index contributed by atoms with van der Waals surface area (Å²) in [6, 6.07) is 10.8. The minimum Gasteiger partial charge on any atom is -0.505 e. The minimum absolute atomic E-state index is 0.153. The van der Waals surface area contributed by atoms with Crippen molar-refractivity contribution in [3.63, 3.8) is 0 Å². The van der Waals surface area contributed by atoms with Gasteiger partial charge in [0, 0.05) is 24.0 Å². The van der Waals surface area contributed by atoms with E-state index in [0.717, 1.165) is 12.1 Å². The Balaban J connectivity index is 1.99. The normalized spacial score (nSPS) is 11.9. The highest BCUT2D eigenvalue weighted by molar-refractivity contribution is 6.37. The van der Waals surface area contributed by atoms with Crippen LogP contribution in [0.2, 0.25) is 10.0 Å². The maximum atomic E-state index is 9.72. The molecule has 1 atom stereocenters. The molecule has 3 N–H and O–H groups in total. The van der Waals surface area contributed by atoms with Gasteiger partial charge in [0.15, 0.2) is 5.75 Å². The van der Waals surface area contributed by atoms with E-state index in [1.54, 1.807) is 24.4 Å². The van der Waals surface area contributed by atoms with Crippen molar-refractivity contribution in [3.8, 4) is 17.1 Å². The van der Waals surface area contributed by atoms with Gasteiger partial charge in [-0.25, -0.2) is 4.98 Å². The van der Waals surface area contributed by atoms with Gasteiger partial charge in [-0.2, -0.15) is 4.98 Å². The molecule has 140 valence electrons. The number of halogens is 2. The predicted octanol–water partition coefficient (Wildman–Crippen LogP) is 5.51. The summed E-state index contributed by atoms with van der Waals surface area (Å²) in [5.74, 6) is 0.889. The Morgan fingerprint density at radius 2 is 1.81 bits per heavy atom. The highest BCUT2D eigenvalue weighted by Gasteiger charge is 2.12. The Hall–Kier alpha value is -2.57. The first kappa shape index (κ1) is 19.2. The number of nitrogens with zero attached hydrogens (tertiary/aromatic N) is 3. The molecular weight excluding hydrogens is 385 g/mol. The molecule has 2 heterocycles. The van der Waals surface area contributed by atoms with E-state index in [0.29, 0.717) is 23.1 Å². The maximum Gasteiger partial charge on any atom is 0.225 e. The highest BCUT2D eigenvalue weighted by atomic mass is 35.5. The molecule has 0 fully saturated rings. The van der Waals surface area contributed by atoms with Crippen molar-refractivity contribution in [2.24, 2.45) is 0 Å². The smallest absolute Gasteiger partial charge is 0.225 e. The summed E-state index contributed by atoms with van der Waals surface area (Å²) < 4.78 is 0. The number of phenols is 1. The van der Waals surface area contributed by atoms with Gasteiger partial charge in [0.2, 0.25) is 5.95 Å². The molecule has 3 aromatic rings. The van der Waals surface area contributed by atoms with Gasteiger partial charge >= 0.3 is 0 Å². The average Bonchev–Trinajstić information content (AvgIpc) is 2.66. The van der Waals surface area contributed by atoms with E-state index < -0.39 is 0 Å². The molecule has 2 aromatic heterocycles. The van der Waals surface area contributed by atoms with E-state index in [-0.39, 0.29) is 21.8 Å². The molecule has 0 aliphatic heterocycles. The molecule has 0 unspecified atom stereocenters. The van der Waals surface area contributed by atoms with E-state index in [4.69, 9.17) is 23.2 Å². The standard InChI is InChI=1S/C19H19Cl2N5O/c1-3-11(2)23-19-25-16(15-6-4-5-7-22-15)10-17(26-19)24-12-8-13(20)18(27)14(21)9-12/h4-11,27H,3H2,1-2H3,(H2,23,24,25,26)/t11-/m0/s1. The van der Waals surface area contributed by atoms with Crippen LogP contribution in [0.4, 0.5) is 17.5 Å². The number of anilines is 3. The van der Waals surface area contributed by atoms with Gasteiger partial charge < -0.3 is 15.7 Å². The van der Waals surface area contributed by atoms with Gasteiger partial charge in [0.25, 0.3) is 0 Å². The first-order valence-electron chi connectivity index (χ1n) is 8.48. The molecule has 0 bridgehead atoms. The first-order valence-corrected chi connectivity index (χ1v) is 9.24. The van der Waals surface area contributed by atoms with Crippen molar-refractivity contribution in [3.05, 3.63) is 52.6 Å². The van der Waals surface area contributed by atoms with Gasteiger partial charge in [-0.3, -0.25) is 4.98 Å². The van der Waals surface area contributed by atoms with Gasteiger partial charge in [0.1, 0.15) is 5.82 Å². The lowest BCUT2D eigenvalue weighted by molar-refractivity contribution is 0.476. The number of rotatable bonds is 6. The number of benzene rings is 1. The summed E-state index contributed by atoms with van der Waals surface area (Å²) in [7, 11) is 0. The second-order valence-corrected chi connectivity index (χ2v) is 6.86. The fourth-order valence-corrected chi connectivity index (χ4v) is 2.82. The number of hydrogen-bond donors (Lipinski definition) is 3. The molecule has 0 spiro atoms. The van der Waals surface area contributed by atoms with Crippen molar-refractivity contribution >= 4 is 40.7 Å². The number of nitrogens with one attached hydrogen (secondary N) is 2. The highest BCUT2D eigenvalue weighted by Crippen LogP contribution is 2.35. The van der Waals surface area contributed by atoms with Gasteiger partial charge in [0.05, 0.1) is 21.4 Å². The van der Waals surface area contributed by atoms with Crippen LogP contribution >= 0.6 is 23.2 Å². The number of pyridine rings is 1. The van der Waals surface area contributed by atoms with Crippen LogP contribution in [-0.4, -0.2) is 26.1 Å². The van der Waals surface area contributed by atoms with Crippen LogP contribution in [0.5, 0.6) is 5.75 Å². The fourth-order valence-electron chi connectivity index (χ4n) is 2.33. The second kappa shape index (κ2) is 8.41. The third-order valence-corrected chi connectivity index (χ3v) is 4.51. The quantitative estimate of drug-likeness (QED) is 0.470. The fraction of sp³-hybridized carbons (Fsp3) is 0.211. The molecular formula is C19H19Cl2N5O. The van der Waals surface area contributed by atoms with Crippen LogP contribution in [0.15, 0.2) is 42.6 Å². The molecule has 0 aliphatic rings. The molecule has 0 radical (unpaired) electrons. The van der Waals surface area contributed by atoms with Crippen LogP contribution in [0.1, 0.15) is 20.3 Å². The van der Waals surface area contributed by atoms with Gasteiger partial charge in [-0.05, 0) is 37.6 Å². The van der Waals surface area contributed by atoms with Crippen molar-refractivity contribution < 1.29 is 5.11 Å². The molecule has 8 heteroatoms. The van der Waals surface area contributed by atoms with E-state index in [9.17, 15) is 5.11 Å². The zero-order chi connectivity index (χ0) is 19.4. The third kappa shape index (κ3) is 4.78. The number of hydrogen-bond acceptors (Lipinski definition) is 6. The second-order valence-electron chi connectivity index (χ2n) is 6.04. The van der Waals surface area contributed by atoms with E-state index >= 15 is 0 Å². The zero-order valence-corrected chi connectivity index (χ0v) is 16.4. The Bertz CT molecular complexity index is 914. The lowest BCUT2D eigenvalue weighted by atomic mass is 10.2. The molecule has 3 rings (SSSR count). The SMILES string of the molecule is CC[C@H](C)Nc1nc(Nc2cc(Cl)c(O)c(Cl)c2)cc(-c2ccccn2)n1. The van der Waals surface area contributed by atoms with Crippen LogP contribution in [-0.2, 0) is 0 Å². The Morgan fingerprint density at radius 3 is 2.44 bits per heavy atom. The van der Waals surface area contributed by atoms with E-state index in [1.807, 2.05) is 18.2 Å². The Morgan fingerprint density at radius 1 is 1.07 bits per heavy atom. The molecule has 0 amide bonds. The van der Waals surface area contributed by atoms with Gasteiger partial charge in [-0.15, -0.1) is 0 Å². The topological polar surface area (TPSA) is 83.0 Å². The van der Waals surface area contributed by atoms with Crippen LogP contribution in [0.3, 0.4) is 0 Å². The lowest BCUT2D eigenvalue weighted by Gasteiger charge is -2.15. The number of aromatic nitrogens is 3. The van der Waals surface area contributed by atoms with E-state index in [1.165, 1.54) is 0 Å². The summed E-state index contributed by atoms with van der Waals surface area (Å²) in [6.45, 7) is 4.14. The van der Waals surface area contributed by atoms with Crippen molar-refractivity contribution in [1.82, 2.24) is 15.0 Å². The monoisotopic (exact) mass is 403 g/mol. The summed E-state index contributed by atoms with van der Waals surface area (Å²) in [4.78, 5) is 13.4. The molecule has 0 saturated carbocycles. The summed E-state index contributed by atoms with van der Waals surface area (Å²) >= 11 is 12.0. The molecule has 1 aromatic carbocycles. The number of phenolic OH excluding ortho intramolecular Hbond substituents is 1. The molecule has 0 saturated heterocycles. The third-order valence-electron chi connectivity index (χ3n) is 3.93. The van der Waals surface area contributed by atoms with E-state index in [2.05, 4.69) is 39.4 Å². The van der Waals surface area contributed by atoms with Crippen LogP contribution < -0.4 is 10.6 Å². The summed E-state index contributed by atoms with van der Waals surface area (Å²) in [5, 5.41) is 16.5.